The number of aliphatic carboxylic acids is 1. The zero-order valence-electron chi connectivity index (χ0n) is 9.45. The van der Waals surface area contributed by atoms with E-state index < -0.39 is 5.97 Å². The van der Waals surface area contributed by atoms with Crippen molar-refractivity contribution in [3.8, 4) is 0 Å². The number of nitrogens with two attached hydrogens (primary N) is 1. The molecule has 4 nitrogen and oxygen atoms in total. The Bertz CT molecular complexity index is 148. The molecule has 0 bridgehead atoms. The second-order valence-corrected chi connectivity index (χ2v) is 3.33. The minimum absolute atomic E-state index is 0. The molecule has 1 aliphatic rings. The van der Waals surface area contributed by atoms with Gasteiger partial charge >= 0.3 is 51.4 Å². The van der Waals surface area contributed by atoms with E-state index in [4.69, 9.17) is 0 Å². The van der Waals surface area contributed by atoms with Gasteiger partial charge in [-0.1, -0.05) is 6.92 Å². The van der Waals surface area contributed by atoms with Crippen LogP contribution < -0.4 is 62.2 Å². The number of piperidine rings is 1. The monoisotopic (exact) mass is 226 g/mol. The number of likely N-dealkylation sites (tertiary alicyclic amines) is 1. The fourth-order valence-electron chi connectivity index (χ4n) is 1.40. The van der Waals surface area contributed by atoms with Crippen molar-refractivity contribution in [2.45, 2.75) is 19.8 Å². The first kappa shape index (κ1) is 17.4. The largest absolute Gasteiger partial charge is 1.00 e. The molecule has 0 aliphatic carbocycles. The second kappa shape index (κ2) is 10.5. The van der Waals surface area contributed by atoms with Crippen molar-refractivity contribution in [3.05, 3.63) is 0 Å². The zero-order valence-corrected chi connectivity index (χ0v) is 12.6. The van der Waals surface area contributed by atoms with Gasteiger partial charge < -0.3 is 15.6 Å². The average Bonchev–Trinajstić information content (AvgIpc) is 2.12. The summed E-state index contributed by atoms with van der Waals surface area (Å²) in [6.45, 7) is 4.13. The van der Waals surface area contributed by atoms with Gasteiger partial charge in [-0.05, 0) is 38.9 Å². The molecule has 1 heterocycles. The molecule has 0 amide bonds. The number of rotatable bonds is 2. The molecule has 78 valence electrons. The first-order valence-electron chi connectivity index (χ1n) is 4.68. The van der Waals surface area contributed by atoms with Gasteiger partial charge in [-0.2, -0.15) is 0 Å². The summed E-state index contributed by atoms with van der Waals surface area (Å²) in [5.41, 5.74) is 4.50. The predicted octanol–water partition coefficient (Wildman–Crippen LogP) is -3.95. The molecule has 0 saturated carbocycles. The SMILES string of the molecule is CC1CCN(CC(=O)[O-])CC1.CN.[K+]. The van der Waals surface area contributed by atoms with Gasteiger partial charge in [0.25, 0.3) is 0 Å². The van der Waals surface area contributed by atoms with Crippen molar-refractivity contribution in [2.75, 3.05) is 26.7 Å². The van der Waals surface area contributed by atoms with E-state index in [1.54, 1.807) is 0 Å². The molecule has 0 unspecified atom stereocenters. The Labute approximate surface area is 129 Å². The van der Waals surface area contributed by atoms with Gasteiger partial charge in [0.2, 0.25) is 0 Å². The van der Waals surface area contributed by atoms with Gasteiger partial charge in [0.05, 0.1) is 5.97 Å². The Morgan fingerprint density at radius 1 is 1.43 bits per heavy atom. The summed E-state index contributed by atoms with van der Waals surface area (Å²) < 4.78 is 0. The molecule has 1 rings (SSSR count). The summed E-state index contributed by atoms with van der Waals surface area (Å²) in [6, 6.07) is 0. The molecule has 1 saturated heterocycles. The summed E-state index contributed by atoms with van der Waals surface area (Å²) in [5, 5.41) is 10.2. The van der Waals surface area contributed by atoms with Crippen LogP contribution in [-0.2, 0) is 4.79 Å². The van der Waals surface area contributed by atoms with E-state index in [-0.39, 0.29) is 57.9 Å². The molecule has 2 N–H and O–H groups in total. The molecule has 0 spiro atoms. The Balaban J connectivity index is 0. The standard InChI is InChI=1S/C8H15NO2.CH5N.K/c1-7-2-4-9(5-3-7)6-8(10)11;1-2;/h7H,2-6H2,1H3,(H,10,11);2H2,1H3;/q;;+1/p-1. The van der Waals surface area contributed by atoms with Crippen molar-refractivity contribution in [3.63, 3.8) is 0 Å². The maximum atomic E-state index is 10.2. The zero-order chi connectivity index (χ0) is 10.3. The second-order valence-electron chi connectivity index (χ2n) is 3.33. The summed E-state index contributed by atoms with van der Waals surface area (Å²) >= 11 is 0. The summed E-state index contributed by atoms with van der Waals surface area (Å²) in [7, 11) is 1.50. The number of carboxylic acids is 1. The molecule has 1 fully saturated rings. The molecule has 0 aromatic heterocycles. The Morgan fingerprint density at radius 3 is 2.21 bits per heavy atom. The minimum Gasteiger partial charge on any atom is -0.549 e. The first-order valence-corrected chi connectivity index (χ1v) is 4.68. The molecule has 1 aliphatic heterocycles. The summed E-state index contributed by atoms with van der Waals surface area (Å²) in [6.07, 6.45) is 2.24. The van der Waals surface area contributed by atoms with E-state index in [1.165, 1.54) is 7.05 Å². The van der Waals surface area contributed by atoms with Gasteiger partial charge in [-0.15, -0.1) is 0 Å². The van der Waals surface area contributed by atoms with E-state index in [0.717, 1.165) is 31.8 Å². The fraction of sp³-hybridized carbons (Fsp3) is 0.889. The van der Waals surface area contributed by atoms with Crippen molar-refractivity contribution in [2.24, 2.45) is 11.7 Å². The molecule has 0 aromatic carbocycles. The summed E-state index contributed by atoms with van der Waals surface area (Å²) in [5.74, 6) is -0.201. The van der Waals surface area contributed by atoms with Crippen LogP contribution in [0.1, 0.15) is 19.8 Å². The molecular weight excluding hydrogens is 207 g/mol. The van der Waals surface area contributed by atoms with Crippen LogP contribution >= 0.6 is 0 Å². The van der Waals surface area contributed by atoms with E-state index in [2.05, 4.69) is 12.7 Å². The Hall–Kier alpha value is 1.03. The maximum absolute atomic E-state index is 10.2. The average molecular weight is 226 g/mol. The third kappa shape index (κ3) is 8.34. The molecule has 0 atom stereocenters. The van der Waals surface area contributed by atoms with E-state index in [9.17, 15) is 9.90 Å². The summed E-state index contributed by atoms with van der Waals surface area (Å²) in [4.78, 5) is 12.1. The molecular formula is C9H19KN2O2. The van der Waals surface area contributed by atoms with Crippen molar-refractivity contribution < 1.29 is 61.3 Å². The third-order valence-corrected chi connectivity index (χ3v) is 2.23. The van der Waals surface area contributed by atoms with Crippen LogP contribution in [0.2, 0.25) is 0 Å². The molecule has 0 aromatic rings. The van der Waals surface area contributed by atoms with Gasteiger partial charge in [-0.3, -0.25) is 4.90 Å². The number of nitrogens with zero attached hydrogens (tertiary/aromatic N) is 1. The minimum atomic E-state index is -0.959. The van der Waals surface area contributed by atoms with E-state index in [0.29, 0.717) is 0 Å². The topological polar surface area (TPSA) is 69.4 Å². The molecule has 5 heteroatoms. The molecule has 0 radical (unpaired) electrons. The van der Waals surface area contributed by atoms with Crippen LogP contribution in [0.3, 0.4) is 0 Å². The van der Waals surface area contributed by atoms with Gasteiger partial charge in [0.1, 0.15) is 0 Å². The number of hydrogen-bond donors (Lipinski definition) is 1. The number of carbonyl (C=O) groups is 1. The van der Waals surface area contributed by atoms with Crippen LogP contribution in [0.25, 0.3) is 0 Å². The van der Waals surface area contributed by atoms with Gasteiger partial charge in [0, 0.05) is 6.54 Å². The van der Waals surface area contributed by atoms with E-state index in [1.807, 2.05) is 4.90 Å². The van der Waals surface area contributed by atoms with Gasteiger partial charge in [-0.25, -0.2) is 0 Å². The van der Waals surface area contributed by atoms with Crippen LogP contribution in [-0.4, -0.2) is 37.6 Å². The van der Waals surface area contributed by atoms with Crippen LogP contribution in [0.5, 0.6) is 0 Å². The van der Waals surface area contributed by atoms with Crippen LogP contribution in [0, 0.1) is 5.92 Å². The van der Waals surface area contributed by atoms with Crippen LogP contribution in [0.4, 0.5) is 0 Å². The first-order chi connectivity index (χ1) is 6.18. The van der Waals surface area contributed by atoms with Crippen molar-refractivity contribution in [1.82, 2.24) is 4.90 Å². The fourth-order valence-corrected chi connectivity index (χ4v) is 1.40. The maximum Gasteiger partial charge on any atom is 1.00 e. The number of hydrogen-bond acceptors (Lipinski definition) is 4. The number of carbonyl (C=O) groups excluding carboxylic acids is 1. The van der Waals surface area contributed by atoms with Gasteiger partial charge in [0.15, 0.2) is 0 Å². The van der Waals surface area contributed by atoms with E-state index >= 15 is 0 Å². The quantitative estimate of drug-likeness (QED) is 0.488. The predicted molar refractivity (Wildman–Crippen MR) is 50.0 cm³/mol. The smallest absolute Gasteiger partial charge is 0.549 e. The normalized spacial score (nSPS) is 17.6. The van der Waals surface area contributed by atoms with Crippen LogP contribution in [0.15, 0.2) is 0 Å². The number of carboxylic acid groups (broad SMARTS) is 1. The third-order valence-electron chi connectivity index (χ3n) is 2.23. The van der Waals surface area contributed by atoms with Crippen molar-refractivity contribution >= 4 is 5.97 Å². The molecule has 14 heavy (non-hydrogen) atoms. The van der Waals surface area contributed by atoms with Crippen molar-refractivity contribution in [1.29, 1.82) is 0 Å². The Kier molecular flexibility index (Phi) is 13.1. The Morgan fingerprint density at radius 2 is 1.86 bits per heavy atom.